The molecule has 3 N–H and O–H groups in total. The Labute approximate surface area is 131 Å². The van der Waals surface area contributed by atoms with Crippen molar-refractivity contribution < 1.29 is 19.1 Å². The number of hydrogen-bond donors (Lipinski definition) is 2. The summed E-state index contributed by atoms with van der Waals surface area (Å²) in [6, 6.07) is 4.49. The molecule has 0 saturated carbocycles. The molecule has 1 rings (SSSR count). The van der Waals surface area contributed by atoms with Crippen molar-refractivity contribution in [1.29, 1.82) is 0 Å². The largest absolute Gasteiger partial charge is 0.489 e. The van der Waals surface area contributed by atoms with Gasteiger partial charge in [-0.05, 0) is 39.0 Å². The fraction of sp³-hybridized carbons (Fsp3) is 0.500. The van der Waals surface area contributed by atoms with Crippen LogP contribution in [-0.4, -0.2) is 31.1 Å². The van der Waals surface area contributed by atoms with Gasteiger partial charge in [0.05, 0.1) is 30.4 Å². The van der Waals surface area contributed by atoms with Gasteiger partial charge < -0.3 is 20.5 Å². The van der Waals surface area contributed by atoms with E-state index in [1.807, 2.05) is 13.8 Å². The van der Waals surface area contributed by atoms with Gasteiger partial charge in [-0.3, -0.25) is 4.79 Å². The fourth-order valence-electron chi connectivity index (χ4n) is 1.71. The van der Waals surface area contributed by atoms with Crippen LogP contribution in [-0.2, 0) is 9.53 Å². The lowest BCUT2D eigenvalue weighted by molar-refractivity contribution is -0.119. The van der Waals surface area contributed by atoms with Gasteiger partial charge in [0.25, 0.3) is 0 Å². The zero-order valence-electron chi connectivity index (χ0n) is 13.7. The molecule has 2 atom stereocenters. The number of amides is 1. The van der Waals surface area contributed by atoms with Crippen molar-refractivity contribution in [3.63, 3.8) is 0 Å². The molecule has 0 aromatic heterocycles. The van der Waals surface area contributed by atoms with Crippen LogP contribution >= 0.6 is 0 Å². The van der Waals surface area contributed by atoms with E-state index < -0.39 is 5.97 Å². The summed E-state index contributed by atoms with van der Waals surface area (Å²) in [5, 5.41) is 2.76. The minimum atomic E-state index is -0.480. The number of nitrogens with two attached hydrogens (primary N) is 1. The Balaban J connectivity index is 3.10. The number of benzene rings is 1. The molecule has 0 spiro atoms. The number of anilines is 1. The summed E-state index contributed by atoms with van der Waals surface area (Å²) in [6.45, 7) is 7.27. The van der Waals surface area contributed by atoms with Gasteiger partial charge in [0.15, 0.2) is 0 Å². The molecular weight excluding hydrogens is 284 g/mol. The van der Waals surface area contributed by atoms with Crippen molar-refractivity contribution in [2.45, 2.75) is 39.8 Å². The standard InChI is InChI=1S/C16H24N2O4/c1-9(2)22-14-7-6-12(16(20)21-5)8-13(14)18-15(19)10(3)11(4)17/h6-11H,17H2,1-5H3,(H,18,19). The molecule has 0 heterocycles. The van der Waals surface area contributed by atoms with Gasteiger partial charge in [-0.2, -0.15) is 0 Å². The second-order valence-electron chi connectivity index (χ2n) is 5.51. The molecule has 0 aliphatic rings. The number of esters is 1. The van der Waals surface area contributed by atoms with E-state index in [1.54, 1.807) is 26.0 Å². The zero-order chi connectivity index (χ0) is 16.9. The van der Waals surface area contributed by atoms with Crippen molar-refractivity contribution in [2.24, 2.45) is 11.7 Å². The molecule has 2 unspecified atom stereocenters. The van der Waals surface area contributed by atoms with Gasteiger partial charge in [0.2, 0.25) is 5.91 Å². The highest BCUT2D eigenvalue weighted by atomic mass is 16.5. The normalized spacial score (nSPS) is 13.4. The maximum Gasteiger partial charge on any atom is 0.337 e. The average molecular weight is 308 g/mol. The molecule has 22 heavy (non-hydrogen) atoms. The summed E-state index contributed by atoms with van der Waals surface area (Å²) in [7, 11) is 1.30. The first-order valence-corrected chi connectivity index (χ1v) is 7.21. The number of carbonyl (C=O) groups is 2. The Morgan fingerprint density at radius 1 is 1.18 bits per heavy atom. The summed E-state index contributed by atoms with van der Waals surface area (Å²) in [6.07, 6.45) is -0.0644. The van der Waals surface area contributed by atoms with Gasteiger partial charge in [-0.25, -0.2) is 4.79 Å². The summed E-state index contributed by atoms with van der Waals surface area (Å²) < 4.78 is 10.3. The molecule has 1 amide bonds. The fourth-order valence-corrected chi connectivity index (χ4v) is 1.71. The second kappa shape index (κ2) is 7.79. The van der Waals surface area contributed by atoms with Crippen LogP contribution in [0, 0.1) is 5.92 Å². The molecule has 1 aromatic rings. The topological polar surface area (TPSA) is 90.6 Å². The van der Waals surface area contributed by atoms with E-state index in [9.17, 15) is 9.59 Å². The van der Waals surface area contributed by atoms with Crippen molar-refractivity contribution >= 4 is 17.6 Å². The molecule has 0 aliphatic heterocycles. The lowest BCUT2D eigenvalue weighted by Crippen LogP contribution is -2.34. The maximum absolute atomic E-state index is 12.2. The Hall–Kier alpha value is -2.08. The van der Waals surface area contributed by atoms with Crippen LogP contribution in [0.1, 0.15) is 38.1 Å². The number of rotatable bonds is 6. The lowest BCUT2D eigenvalue weighted by Gasteiger charge is -2.19. The molecule has 0 fully saturated rings. The number of ether oxygens (including phenoxy) is 2. The highest BCUT2D eigenvalue weighted by Gasteiger charge is 2.20. The first-order valence-electron chi connectivity index (χ1n) is 7.21. The number of carbonyl (C=O) groups excluding carboxylic acids is 2. The molecular formula is C16H24N2O4. The molecule has 0 bridgehead atoms. The molecule has 1 aromatic carbocycles. The van der Waals surface area contributed by atoms with Crippen molar-refractivity contribution in [3.8, 4) is 5.75 Å². The predicted molar refractivity (Wildman–Crippen MR) is 85.0 cm³/mol. The number of methoxy groups -OCH3 is 1. The maximum atomic E-state index is 12.2. The van der Waals surface area contributed by atoms with Crippen LogP contribution in [0.4, 0.5) is 5.69 Å². The SMILES string of the molecule is COC(=O)c1ccc(OC(C)C)c(NC(=O)C(C)C(C)N)c1. The second-order valence-corrected chi connectivity index (χ2v) is 5.51. The first-order chi connectivity index (χ1) is 10.3. The van der Waals surface area contributed by atoms with Crippen LogP contribution in [0.3, 0.4) is 0 Å². The number of hydrogen-bond acceptors (Lipinski definition) is 5. The van der Waals surface area contributed by atoms with Crippen molar-refractivity contribution in [1.82, 2.24) is 0 Å². The third-order valence-electron chi connectivity index (χ3n) is 3.22. The van der Waals surface area contributed by atoms with Crippen molar-refractivity contribution in [3.05, 3.63) is 23.8 Å². The summed E-state index contributed by atoms with van der Waals surface area (Å²) in [5.41, 5.74) is 6.50. The monoisotopic (exact) mass is 308 g/mol. The van der Waals surface area contributed by atoms with Gasteiger partial charge >= 0.3 is 5.97 Å². The van der Waals surface area contributed by atoms with Gasteiger partial charge in [0.1, 0.15) is 5.75 Å². The van der Waals surface area contributed by atoms with E-state index >= 15 is 0 Å². The molecule has 0 radical (unpaired) electrons. The van der Waals surface area contributed by atoms with Crippen LogP contribution in [0.5, 0.6) is 5.75 Å². The number of nitrogens with one attached hydrogen (secondary N) is 1. The highest BCUT2D eigenvalue weighted by molar-refractivity contribution is 5.97. The van der Waals surface area contributed by atoms with Crippen LogP contribution in [0.15, 0.2) is 18.2 Å². The van der Waals surface area contributed by atoms with Crippen LogP contribution in [0.25, 0.3) is 0 Å². The molecule has 0 aliphatic carbocycles. The van der Waals surface area contributed by atoms with E-state index in [0.717, 1.165) is 0 Å². The summed E-state index contributed by atoms with van der Waals surface area (Å²) in [5.74, 6) is -0.584. The molecule has 122 valence electrons. The summed E-state index contributed by atoms with van der Waals surface area (Å²) >= 11 is 0. The van der Waals surface area contributed by atoms with E-state index in [0.29, 0.717) is 17.0 Å². The van der Waals surface area contributed by atoms with Gasteiger partial charge in [0, 0.05) is 6.04 Å². The minimum absolute atomic E-state index is 0.0644. The third-order valence-corrected chi connectivity index (χ3v) is 3.22. The Morgan fingerprint density at radius 2 is 1.82 bits per heavy atom. The summed E-state index contributed by atoms with van der Waals surface area (Å²) in [4.78, 5) is 23.8. The van der Waals surface area contributed by atoms with E-state index in [1.165, 1.54) is 13.2 Å². The van der Waals surface area contributed by atoms with Crippen molar-refractivity contribution in [2.75, 3.05) is 12.4 Å². The molecule has 6 heteroatoms. The van der Waals surface area contributed by atoms with Gasteiger partial charge in [-0.1, -0.05) is 6.92 Å². The van der Waals surface area contributed by atoms with E-state index in [4.69, 9.17) is 15.2 Å². The predicted octanol–water partition coefficient (Wildman–Crippen LogP) is 2.18. The van der Waals surface area contributed by atoms with Gasteiger partial charge in [-0.15, -0.1) is 0 Å². The van der Waals surface area contributed by atoms with Crippen LogP contribution in [0.2, 0.25) is 0 Å². The lowest BCUT2D eigenvalue weighted by atomic mass is 10.0. The molecule has 0 saturated heterocycles. The average Bonchev–Trinajstić information content (AvgIpc) is 2.46. The smallest absolute Gasteiger partial charge is 0.337 e. The van der Waals surface area contributed by atoms with E-state index in [-0.39, 0.29) is 24.0 Å². The first kappa shape index (κ1) is 18.0. The molecule has 6 nitrogen and oxygen atoms in total. The van der Waals surface area contributed by atoms with E-state index in [2.05, 4.69) is 5.32 Å². The van der Waals surface area contributed by atoms with Crippen LogP contribution < -0.4 is 15.8 Å². The quantitative estimate of drug-likeness (QED) is 0.786. The zero-order valence-corrected chi connectivity index (χ0v) is 13.7. The Kier molecular flexibility index (Phi) is 6.37. The highest BCUT2D eigenvalue weighted by Crippen LogP contribution is 2.28. The minimum Gasteiger partial charge on any atom is -0.489 e. The Bertz CT molecular complexity index is 541. The third kappa shape index (κ3) is 4.73. The Morgan fingerprint density at radius 3 is 2.32 bits per heavy atom.